The fourth-order valence-electron chi connectivity index (χ4n) is 2.64. The summed E-state index contributed by atoms with van der Waals surface area (Å²) < 4.78 is 19.2. The Balaban J connectivity index is 1.48. The maximum absolute atomic E-state index is 12.8. The molecule has 0 radical (unpaired) electrons. The van der Waals surface area contributed by atoms with Crippen molar-refractivity contribution in [2.75, 3.05) is 0 Å². The van der Waals surface area contributed by atoms with Crippen LogP contribution in [0.4, 0.5) is 4.39 Å². The summed E-state index contributed by atoms with van der Waals surface area (Å²) in [5.41, 5.74) is 0.530. The van der Waals surface area contributed by atoms with Gasteiger partial charge in [0.25, 0.3) is 5.91 Å². The summed E-state index contributed by atoms with van der Waals surface area (Å²) in [6, 6.07) is 2.03. The summed E-state index contributed by atoms with van der Waals surface area (Å²) in [4.78, 5) is 23.8. The van der Waals surface area contributed by atoms with E-state index in [9.17, 15) is 9.18 Å². The molecule has 24 heavy (non-hydrogen) atoms. The van der Waals surface area contributed by atoms with Gasteiger partial charge in [-0.25, -0.2) is 14.4 Å². The summed E-state index contributed by atoms with van der Waals surface area (Å²) in [5.74, 6) is -0.620. The number of amides is 1. The van der Waals surface area contributed by atoms with E-state index in [-0.39, 0.29) is 24.1 Å². The molecular formula is C16H16BrFN4O2. The van der Waals surface area contributed by atoms with Gasteiger partial charge in [-0.3, -0.25) is 9.78 Å². The van der Waals surface area contributed by atoms with Gasteiger partial charge in [0.05, 0.1) is 18.0 Å². The van der Waals surface area contributed by atoms with E-state index in [2.05, 4.69) is 36.2 Å². The van der Waals surface area contributed by atoms with Crippen molar-refractivity contribution in [2.45, 2.75) is 37.8 Å². The Morgan fingerprint density at radius 3 is 2.54 bits per heavy atom. The van der Waals surface area contributed by atoms with Gasteiger partial charge < -0.3 is 10.1 Å². The van der Waals surface area contributed by atoms with E-state index in [1.165, 1.54) is 0 Å². The van der Waals surface area contributed by atoms with E-state index in [1.807, 2.05) is 0 Å². The Morgan fingerprint density at radius 2 is 1.88 bits per heavy atom. The molecule has 0 aromatic carbocycles. The first-order valence-electron chi connectivity index (χ1n) is 7.66. The zero-order valence-corrected chi connectivity index (χ0v) is 14.4. The highest BCUT2D eigenvalue weighted by atomic mass is 79.9. The van der Waals surface area contributed by atoms with Gasteiger partial charge in [0.2, 0.25) is 0 Å². The van der Waals surface area contributed by atoms with Gasteiger partial charge in [-0.15, -0.1) is 0 Å². The van der Waals surface area contributed by atoms with E-state index < -0.39 is 5.82 Å². The molecule has 1 aliphatic rings. The number of nitrogens with zero attached hydrogens (tertiary/aromatic N) is 3. The number of pyridine rings is 1. The van der Waals surface area contributed by atoms with Crippen molar-refractivity contribution >= 4 is 21.8 Å². The monoisotopic (exact) mass is 394 g/mol. The van der Waals surface area contributed by atoms with E-state index >= 15 is 0 Å². The fourth-order valence-corrected chi connectivity index (χ4v) is 3.00. The minimum atomic E-state index is -0.490. The average Bonchev–Trinajstić information content (AvgIpc) is 2.59. The predicted octanol–water partition coefficient (Wildman–Crippen LogP) is 2.89. The molecule has 0 saturated heterocycles. The molecule has 0 bridgehead atoms. The number of ether oxygens (including phenoxy) is 1. The molecule has 0 aliphatic heterocycles. The van der Waals surface area contributed by atoms with Crippen molar-refractivity contribution in [1.82, 2.24) is 20.3 Å². The smallest absolute Gasteiger partial charge is 0.316 e. The van der Waals surface area contributed by atoms with E-state index in [4.69, 9.17) is 4.74 Å². The number of halogens is 2. The molecule has 2 heterocycles. The molecule has 126 valence electrons. The first-order chi connectivity index (χ1) is 11.6. The largest absolute Gasteiger partial charge is 0.460 e. The Kier molecular flexibility index (Phi) is 5.34. The molecule has 8 heteroatoms. The molecule has 6 nitrogen and oxygen atoms in total. The van der Waals surface area contributed by atoms with Gasteiger partial charge in [0.1, 0.15) is 6.10 Å². The quantitative estimate of drug-likeness (QED) is 0.862. The fraction of sp³-hybridized carbons (Fsp3) is 0.375. The molecule has 3 rings (SSSR count). The van der Waals surface area contributed by atoms with Crippen LogP contribution in [0.3, 0.4) is 0 Å². The molecule has 0 atom stereocenters. The van der Waals surface area contributed by atoms with Crippen molar-refractivity contribution in [1.29, 1.82) is 0 Å². The van der Waals surface area contributed by atoms with Crippen molar-refractivity contribution in [3.63, 3.8) is 0 Å². The maximum atomic E-state index is 12.8. The summed E-state index contributed by atoms with van der Waals surface area (Å²) in [6.07, 6.45) is 8.50. The lowest BCUT2D eigenvalue weighted by Gasteiger charge is -2.28. The van der Waals surface area contributed by atoms with Crippen LogP contribution in [0.2, 0.25) is 0 Å². The first kappa shape index (κ1) is 16.8. The molecule has 2 aromatic rings. The molecular weight excluding hydrogens is 379 g/mol. The van der Waals surface area contributed by atoms with Crippen LogP contribution in [0.5, 0.6) is 6.01 Å². The predicted molar refractivity (Wildman–Crippen MR) is 88.1 cm³/mol. The van der Waals surface area contributed by atoms with Crippen LogP contribution >= 0.6 is 15.9 Å². The second-order valence-electron chi connectivity index (χ2n) is 5.64. The molecule has 1 amide bonds. The Morgan fingerprint density at radius 1 is 1.17 bits per heavy atom. The third-order valence-electron chi connectivity index (χ3n) is 3.85. The number of hydrogen-bond acceptors (Lipinski definition) is 5. The lowest BCUT2D eigenvalue weighted by atomic mass is 9.93. The number of carbonyl (C=O) groups is 1. The van der Waals surface area contributed by atoms with Crippen LogP contribution in [-0.4, -0.2) is 33.0 Å². The summed E-state index contributed by atoms with van der Waals surface area (Å²) in [7, 11) is 0. The molecule has 1 aliphatic carbocycles. The molecule has 0 spiro atoms. The number of aromatic nitrogens is 3. The molecule has 1 fully saturated rings. The lowest BCUT2D eigenvalue weighted by molar-refractivity contribution is 0.0884. The zero-order valence-electron chi connectivity index (χ0n) is 12.8. The molecule has 1 N–H and O–H groups in total. The Labute approximate surface area is 147 Å². The minimum Gasteiger partial charge on any atom is -0.460 e. The van der Waals surface area contributed by atoms with Crippen molar-refractivity contribution in [3.05, 3.63) is 46.7 Å². The standard InChI is InChI=1S/C16H16BrFN4O2/c17-11-5-10(6-19-7-11)15(23)22-13-1-3-14(4-2-13)24-16-20-8-12(18)9-21-16/h5-9,13-14H,1-4H2,(H,22,23). The molecule has 2 aromatic heterocycles. The summed E-state index contributed by atoms with van der Waals surface area (Å²) >= 11 is 3.31. The van der Waals surface area contributed by atoms with Crippen LogP contribution in [-0.2, 0) is 0 Å². The van der Waals surface area contributed by atoms with Crippen molar-refractivity contribution in [2.24, 2.45) is 0 Å². The second-order valence-corrected chi connectivity index (χ2v) is 6.56. The van der Waals surface area contributed by atoms with Gasteiger partial charge in [-0.2, -0.15) is 0 Å². The number of carbonyl (C=O) groups excluding carboxylic acids is 1. The highest BCUT2D eigenvalue weighted by molar-refractivity contribution is 9.10. The van der Waals surface area contributed by atoms with Gasteiger partial charge >= 0.3 is 6.01 Å². The first-order valence-corrected chi connectivity index (χ1v) is 8.45. The van der Waals surface area contributed by atoms with Crippen molar-refractivity contribution in [3.8, 4) is 6.01 Å². The van der Waals surface area contributed by atoms with Crippen LogP contribution in [0.15, 0.2) is 35.3 Å². The number of rotatable bonds is 4. The second kappa shape index (κ2) is 7.65. The molecule has 0 unspecified atom stereocenters. The highest BCUT2D eigenvalue weighted by Gasteiger charge is 2.24. The normalized spacial score (nSPS) is 20.4. The van der Waals surface area contributed by atoms with Gasteiger partial charge in [0.15, 0.2) is 5.82 Å². The minimum absolute atomic E-state index is 0.0175. The van der Waals surface area contributed by atoms with Crippen molar-refractivity contribution < 1.29 is 13.9 Å². The third kappa shape index (κ3) is 4.47. The van der Waals surface area contributed by atoms with E-state index in [0.717, 1.165) is 42.5 Å². The summed E-state index contributed by atoms with van der Waals surface area (Å²) in [5, 5.41) is 3.02. The summed E-state index contributed by atoms with van der Waals surface area (Å²) in [6.45, 7) is 0. The van der Waals surface area contributed by atoms with E-state index in [1.54, 1.807) is 18.5 Å². The Hall–Kier alpha value is -2.09. The Bertz CT molecular complexity index is 705. The maximum Gasteiger partial charge on any atom is 0.316 e. The highest BCUT2D eigenvalue weighted by Crippen LogP contribution is 2.22. The topological polar surface area (TPSA) is 77.0 Å². The number of nitrogens with one attached hydrogen (secondary N) is 1. The van der Waals surface area contributed by atoms with Crippen LogP contribution in [0, 0.1) is 5.82 Å². The third-order valence-corrected chi connectivity index (χ3v) is 4.28. The van der Waals surface area contributed by atoms with Crippen LogP contribution in [0.25, 0.3) is 0 Å². The van der Waals surface area contributed by atoms with E-state index in [0.29, 0.717) is 5.56 Å². The molecule has 1 saturated carbocycles. The van der Waals surface area contributed by atoms with Crippen LogP contribution < -0.4 is 10.1 Å². The lowest BCUT2D eigenvalue weighted by Crippen LogP contribution is -2.39. The zero-order chi connectivity index (χ0) is 16.9. The number of hydrogen-bond donors (Lipinski definition) is 1. The van der Waals surface area contributed by atoms with Crippen LogP contribution in [0.1, 0.15) is 36.0 Å². The SMILES string of the molecule is O=C(NC1CCC(Oc2ncc(F)cn2)CC1)c1cncc(Br)c1. The van der Waals surface area contributed by atoms with Gasteiger partial charge in [-0.05, 0) is 47.7 Å². The average molecular weight is 395 g/mol. The van der Waals surface area contributed by atoms with Gasteiger partial charge in [-0.1, -0.05) is 0 Å². The van der Waals surface area contributed by atoms with Gasteiger partial charge in [0, 0.05) is 22.9 Å².